The monoisotopic (exact) mass is 363 g/mol. The van der Waals surface area contributed by atoms with Crippen molar-refractivity contribution in [3.8, 4) is 11.5 Å². The SMILES string of the molecule is CCOc1ccc(OCc2cccc(C(=O)NCc3ccc[nH+]c3)c2)cc1. The van der Waals surface area contributed by atoms with Gasteiger partial charge in [-0.3, -0.25) is 4.79 Å². The van der Waals surface area contributed by atoms with Crippen LogP contribution in [0.2, 0.25) is 0 Å². The van der Waals surface area contributed by atoms with Crippen LogP contribution in [0.15, 0.2) is 73.1 Å². The van der Waals surface area contributed by atoms with Gasteiger partial charge in [0, 0.05) is 23.7 Å². The third-order valence-corrected chi connectivity index (χ3v) is 3.95. The molecule has 0 aliphatic rings. The number of carbonyl (C=O) groups is 1. The fraction of sp³-hybridized carbons (Fsp3) is 0.182. The predicted molar refractivity (Wildman–Crippen MR) is 103 cm³/mol. The first kappa shape index (κ1) is 18.5. The Bertz CT molecular complexity index is 864. The van der Waals surface area contributed by atoms with Gasteiger partial charge in [-0.15, -0.1) is 0 Å². The van der Waals surface area contributed by atoms with Gasteiger partial charge in [-0.1, -0.05) is 12.1 Å². The van der Waals surface area contributed by atoms with Crippen LogP contribution in [0.5, 0.6) is 11.5 Å². The molecule has 2 aromatic carbocycles. The number of hydrogen-bond acceptors (Lipinski definition) is 3. The van der Waals surface area contributed by atoms with E-state index < -0.39 is 0 Å². The van der Waals surface area contributed by atoms with Gasteiger partial charge in [-0.25, -0.2) is 4.98 Å². The number of nitrogens with one attached hydrogen (secondary N) is 2. The summed E-state index contributed by atoms with van der Waals surface area (Å²) in [5.74, 6) is 1.47. The molecule has 0 saturated carbocycles. The summed E-state index contributed by atoms with van der Waals surface area (Å²) in [5.41, 5.74) is 2.56. The molecule has 0 unspecified atom stereocenters. The van der Waals surface area contributed by atoms with Gasteiger partial charge in [-0.05, 0) is 55.0 Å². The average molecular weight is 363 g/mol. The Balaban J connectivity index is 1.55. The van der Waals surface area contributed by atoms with Gasteiger partial charge in [-0.2, -0.15) is 0 Å². The van der Waals surface area contributed by atoms with E-state index in [0.717, 1.165) is 22.6 Å². The van der Waals surface area contributed by atoms with Crippen LogP contribution in [0.3, 0.4) is 0 Å². The Morgan fingerprint density at radius 3 is 2.41 bits per heavy atom. The predicted octanol–water partition coefficient (Wildman–Crippen LogP) is 3.41. The highest BCUT2D eigenvalue weighted by atomic mass is 16.5. The van der Waals surface area contributed by atoms with Crippen LogP contribution in [0, 0.1) is 0 Å². The molecule has 0 bridgehead atoms. The summed E-state index contributed by atoms with van der Waals surface area (Å²) in [7, 11) is 0. The summed E-state index contributed by atoms with van der Waals surface area (Å²) in [4.78, 5) is 15.4. The maximum atomic E-state index is 12.4. The van der Waals surface area contributed by atoms with E-state index in [9.17, 15) is 4.79 Å². The third kappa shape index (κ3) is 5.57. The van der Waals surface area contributed by atoms with E-state index in [1.807, 2.05) is 73.9 Å². The smallest absolute Gasteiger partial charge is 0.251 e. The largest absolute Gasteiger partial charge is 0.494 e. The van der Waals surface area contributed by atoms with Crippen molar-refractivity contribution in [2.24, 2.45) is 0 Å². The number of ether oxygens (including phenoxy) is 2. The normalized spacial score (nSPS) is 10.3. The van der Waals surface area contributed by atoms with Crippen molar-refractivity contribution in [1.82, 2.24) is 5.32 Å². The zero-order valence-electron chi connectivity index (χ0n) is 15.3. The molecule has 3 rings (SSSR count). The van der Waals surface area contributed by atoms with E-state index in [4.69, 9.17) is 9.47 Å². The number of amides is 1. The van der Waals surface area contributed by atoms with Crippen LogP contribution in [-0.4, -0.2) is 12.5 Å². The Hall–Kier alpha value is -3.34. The fourth-order valence-corrected chi connectivity index (χ4v) is 2.59. The molecule has 0 spiro atoms. The molecule has 5 nitrogen and oxygen atoms in total. The van der Waals surface area contributed by atoms with Gasteiger partial charge >= 0.3 is 0 Å². The molecular formula is C22H23N2O3+. The standard InChI is InChI=1S/C22H22N2O3/c1-2-26-20-8-10-21(11-9-20)27-16-17-5-3-7-19(13-17)22(25)24-15-18-6-4-12-23-14-18/h3-14H,2,15-16H2,1H3,(H,24,25)/p+1. The minimum atomic E-state index is -0.109. The molecule has 0 aliphatic carbocycles. The molecule has 138 valence electrons. The van der Waals surface area contributed by atoms with Gasteiger partial charge in [0.1, 0.15) is 18.1 Å². The van der Waals surface area contributed by atoms with Crippen LogP contribution in [0.4, 0.5) is 0 Å². The maximum Gasteiger partial charge on any atom is 0.251 e. The van der Waals surface area contributed by atoms with Gasteiger partial charge < -0.3 is 14.8 Å². The Labute approximate surface area is 159 Å². The van der Waals surface area contributed by atoms with Gasteiger partial charge in [0.15, 0.2) is 12.4 Å². The fourth-order valence-electron chi connectivity index (χ4n) is 2.59. The molecule has 0 saturated heterocycles. The molecular weight excluding hydrogens is 340 g/mol. The highest BCUT2D eigenvalue weighted by molar-refractivity contribution is 5.94. The summed E-state index contributed by atoms with van der Waals surface area (Å²) in [6, 6.07) is 18.8. The first-order chi connectivity index (χ1) is 13.2. The summed E-state index contributed by atoms with van der Waals surface area (Å²) >= 11 is 0. The van der Waals surface area contributed by atoms with Crippen molar-refractivity contribution in [3.05, 3.63) is 89.7 Å². The molecule has 5 heteroatoms. The van der Waals surface area contributed by atoms with E-state index in [0.29, 0.717) is 25.3 Å². The van der Waals surface area contributed by atoms with Crippen molar-refractivity contribution < 1.29 is 19.3 Å². The van der Waals surface area contributed by atoms with E-state index in [1.54, 1.807) is 6.07 Å². The van der Waals surface area contributed by atoms with Crippen LogP contribution in [0.1, 0.15) is 28.4 Å². The minimum absolute atomic E-state index is 0.109. The third-order valence-electron chi connectivity index (χ3n) is 3.95. The Morgan fingerprint density at radius 2 is 1.70 bits per heavy atom. The summed E-state index contributed by atoms with van der Waals surface area (Å²) in [6.45, 7) is 3.45. The van der Waals surface area contributed by atoms with Crippen molar-refractivity contribution in [2.45, 2.75) is 20.1 Å². The molecule has 0 atom stereocenters. The molecule has 1 aromatic heterocycles. The van der Waals surface area contributed by atoms with Crippen molar-refractivity contribution >= 4 is 5.91 Å². The van der Waals surface area contributed by atoms with Gasteiger partial charge in [0.2, 0.25) is 0 Å². The first-order valence-electron chi connectivity index (χ1n) is 8.92. The molecule has 0 aliphatic heterocycles. The summed E-state index contributed by atoms with van der Waals surface area (Å²) < 4.78 is 11.2. The lowest BCUT2D eigenvalue weighted by Gasteiger charge is -2.09. The molecule has 27 heavy (non-hydrogen) atoms. The second-order valence-corrected chi connectivity index (χ2v) is 5.99. The topological polar surface area (TPSA) is 61.7 Å². The van der Waals surface area contributed by atoms with Crippen LogP contribution >= 0.6 is 0 Å². The number of carbonyl (C=O) groups excluding carboxylic acids is 1. The van der Waals surface area contributed by atoms with E-state index in [-0.39, 0.29) is 5.91 Å². The van der Waals surface area contributed by atoms with E-state index in [2.05, 4.69) is 10.3 Å². The zero-order chi connectivity index (χ0) is 18.9. The molecule has 1 amide bonds. The van der Waals surface area contributed by atoms with E-state index in [1.165, 1.54) is 0 Å². The second-order valence-electron chi connectivity index (χ2n) is 5.99. The highest BCUT2D eigenvalue weighted by Gasteiger charge is 2.07. The zero-order valence-corrected chi connectivity index (χ0v) is 15.3. The summed E-state index contributed by atoms with van der Waals surface area (Å²) in [5, 5.41) is 2.92. The van der Waals surface area contributed by atoms with Crippen molar-refractivity contribution in [2.75, 3.05) is 6.61 Å². The lowest BCUT2D eigenvalue weighted by Crippen LogP contribution is -2.23. The van der Waals surface area contributed by atoms with Gasteiger partial charge in [0.25, 0.3) is 5.91 Å². The lowest BCUT2D eigenvalue weighted by molar-refractivity contribution is -0.378. The number of aromatic amines is 1. The number of hydrogen-bond donors (Lipinski definition) is 1. The number of rotatable bonds is 8. The van der Waals surface area contributed by atoms with Crippen LogP contribution in [0.25, 0.3) is 0 Å². The number of benzene rings is 2. The molecule has 0 radical (unpaired) electrons. The molecule has 3 aromatic rings. The molecule has 1 heterocycles. The van der Waals surface area contributed by atoms with Crippen molar-refractivity contribution in [3.63, 3.8) is 0 Å². The number of pyridine rings is 1. The second kappa shape index (κ2) is 9.38. The number of aromatic nitrogens is 1. The minimum Gasteiger partial charge on any atom is -0.494 e. The average Bonchev–Trinajstić information content (AvgIpc) is 2.73. The molecule has 0 fully saturated rings. The quantitative estimate of drug-likeness (QED) is 0.667. The highest BCUT2D eigenvalue weighted by Crippen LogP contribution is 2.19. The van der Waals surface area contributed by atoms with Crippen LogP contribution in [-0.2, 0) is 13.2 Å². The Kier molecular flexibility index (Phi) is 6.41. The summed E-state index contributed by atoms with van der Waals surface area (Å²) in [6.07, 6.45) is 3.69. The van der Waals surface area contributed by atoms with E-state index >= 15 is 0 Å². The Morgan fingerprint density at radius 1 is 0.963 bits per heavy atom. The first-order valence-corrected chi connectivity index (χ1v) is 8.92. The van der Waals surface area contributed by atoms with Crippen molar-refractivity contribution in [1.29, 1.82) is 0 Å². The number of H-pyrrole nitrogens is 1. The lowest BCUT2D eigenvalue weighted by atomic mass is 10.1. The maximum absolute atomic E-state index is 12.4. The van der Waals surface area contributed by atoms with Crippen LogP contribution < -0.4 is 19.8 Å². The van der Waals surface area contributed by atoms with Gasteiger partial charge in [0.05, 0.1) is 6.61 Å². The molecule has 2 N–H and O–H groups in total.